The molecule has 0 spiro atoms. The van der Waals surface area contributed by atoms with Gasteiger partial charge in [-0.25, -0.2) is 4.68 Å². The molecule has 0 aliphatic heterocycles. The zero-order chi connectivity index (χ0) is 15.6. The van der Waals surface area contributed by atoms with Crippen molar-refractivity contribution in [1.29, 1.82) is 0 Å². The van der Waals surface area contributed by atoms with Gasteiger partial charge in [0.25, 0.3) is 0 Å². The minimum absolute atomic E-state index is 0.0132. The van der Waals surface area contributed by atoms with E-state index in [1.807, 2.05) is 13.8 Å². The molecule has 1 aliphatic carbocycles. The van der Waals surface area contributed by atoms with Crippen molar-refractivity contribution < 1.29 is 10.0 Å². The molecule has 2 N–H and O–H groups in total. The molecule has 0 aromatic carbocycles. The minimum Gasteiger partial charge on any atom is -0.394 e. The van der Waals surface area contributed by atoms with Crippen LogP contribution < -0.4 is 5.32 Å². The van der Waals surface area contributed by atoms with Crippen LogP contribution in [0, 0.1) is 17.0 Å². The van der Waals surface area contributed by atoms with Crippen LogP contribution in [0.25, 0.3) is 0 Å². The quantitative estimate of drug-likeness (QED) is 0.643. The molecular weight excluding hydrogens is 272 g/mol. The number of aryl methyl sites for hydroxylation is 1. The molecule has 0 bridgehead atoms. The van der Waals surface area contributed by atoms with Crippen molar-refractivity contribution in [2.45, 2.75) is 64.5 Å². The Balaban J connectivity index is 2.43. The maximum absolute atomic E-state index is 11.4. The van der Waals surface area contributed by atoms with Crippen LogP contribution in [0.4, 0.5) is 11.5 Å². The Kier molecular flexibility index (Phi) is 4.51. The standard InChI is InChI=1S/C14H24N4O3/c1-10(2)17-13(12(18(20)21)11(3)16-17)15-14(9-19)7-5-4-6-8-14/h10,15,19H,4-9H2,1-3H3. The van der Waals surface area contributed by atoms with E-state index < -0.39 is 10.5 Å². The SMILES string of the molecule is Cc1nn(C(C)C)c(NC2(CO)CCCCC2)c1[N+](=O)[O-]. The number of rotatable bonds is 5. The van der Waals surface area contributed by atoms with Crippen molar-refractivity contribution in [3.05, 3.63) is 15.8 Å². The third kappa shape index (κ3) is 3.02. The van der Waals surface area contributed by atoms with E-state index in [-0.39, 0.29) is 18.3 Å². The van der Waals surface area contributed by atoms with Gasteiger partial charge in [0.1, 0.15) is 5.69 Å². The van der Waals surface area contributed by atoms with Crippen molar-refractivity contribution in [1.82, 2.24) is 9.78 Å². The van der Waals surface area contributed by atoms with Gasteiger partial charge in [0, 0.05) is 6.04 Å². The van der Waals surface area contributed by atoms with Gasteiger partial charge in [0.05, 0.1) is 17.1 Å². The molecule has 0 radical (unpaired) electrons. The molecule has 0 amide bonds. The molecule has 0 unspecified atom stereocenters. The fraction of sp³-hybridized carbons (Fsp3) is 0.786. The Morgan fingerprint density at radius 1 is 1.43 bits per heavy atom. The number of aliphatic hydroxyl groups is 1. The molecule has 1 aromatic rings. The molecule has 1 saturated carbocycles. The van der Waals surface area contributed by atoms with Gasteiger partial charge in [0.15, 0.2) is 0 Å². The highest BCUT2D eigenvalue weighted by Gasteiger charge is 2.36. The molecule has 2 rings (SSSR count). The molecular formula is C14H24N4O3. The highest BCUT2D eigenvalue weighted by molar-refractivity contribution is 5.61. The Morgan fingerprint density at radius 2 is 2.05 bits per heavy atom. The van der Waals surface area contributed by atoms with Crippen LogP contribution in [0.15, 0.2) is 0 Å². The summed E-state index contributed by atoms with van der Waals surface area (Å²) in [5.41, 5.74) is -0.0514. The Morgan fingerprint density at radius 3 is 2.52 bits per heavy atom. The normalized spacial score (nSPS) is 18.0. The second kappa shape index (κ2) is 6.01. The maximum atomic E-state index is 11.4. The van der Waals surface area contributed by atoms with Crippen LogP contribution in [0.1, 0.15) is 57.7 Å². The first kappa shape index (κ1) is 15.8. The van der Waals surface area contributed by atoms with Crippen molar-refractivity contribution in [2.75, 3.05) is 11.9 Å². The summed E-state index contributed by atoms with van der Waals surface area (Å²) < 4.78 is 1.65. The van der Waals surface area contributed by atoms with E-state index in [0.717, 1.165) is 32.1 Å². The molecule has 7 nitrogen and oxygen atoms in total. The highest BCUT2D eigenvalue weighted by Crippen LogP contribution is 2.37. The molecule has 118 valence electrons. The number of aromatic nitrogens is 2. The first-order valence-corrected chi connectivity index (χ1v) is 7.53. The van der Waals surface area contributed by atoms with Gasteiger partial charge >= 0.3 is 5.69 Å². The van der Waals surface area contributed by atoms with Crippen LogP contribution in [0.5, 0.6) is 0 Å². The van der Waals surface area contributed by atoms with Gasteiger partial charge in [-0.05, 0) is 33.6 Å². The summed E-state index contributed by atoms with van der Waals surface area (Å²) in [6.45, 7) is 5.50. The fourth-order valence-corrected chi connectivity index (χ4v) is 3.05. The van der Waals surface area contributed by atoms with Crippen molar-refractivity contribution >= 4 is 11.5 Å². The second-order valence-corrected chi connectivity index (χ2v) is 6.20. The van der Waals surface area contributed by atoms with Crippen LogP contribution in [0.3, 0.4) is 0 Å². The zero-order valence-corrected chi connectivity index (χ0v) is 12.9. The summed E-state index contributed by atoms with van der Waals surface area (Å²) >= 11 is 0. The number of nitro groups is 1. The predicted molar refractivity (Wildman–Crippen MR) is 80.5 cm³/mol. The molecule has 1 fully saturated rings. The minimum atomic E-state index is -0.470. The van der Waals surface area contributed by atoms with E-state index in [4.69, 9.17) is 0 Å². The molecule has 7 heteroatoms. The molecule has 0 saturated heterocycles. The molecule has 21 heavy (non-hydrogen) atoms. The average Bonchev–Trinajstić information content (AvgIpc) is 2.76. The largest absolute Gasteiger partial charge is 0.394 e. The zero-order valence-electron chi connectivity index (χ0n) is 12.9. The summed E-state index contributed by atoms with van der Waals surface area (Å²) in [5, 5.41) is 28.7. The summed E-state index contributed by atoms with van der Waals surface area (Å²) in [6, 6.07) is 0.0132. The molecule has 0 atom stereocenters. The Bertz CT molecular complexity index is 519. The van der Waals surface area contributed by atoms with Crippen LogP contribution in [0.2, 0.25) is 0 Å². The lowest BCUT2D eigenvalue weighted by atomic mass is 9.82. The van der Waals surface area contributed by atoms with Gasteiger partial charge < -0.3 is 10.4 Å². The van der Waals surface area contributed by atoms with Crippen LogP contribution >= 0.6 is 0 Å². The number of aliphatic hydroxyl groups excluding tert-OH is 1. The number of nitrogens with zero attached hydrogens (tertiary/aromatic N) is 3. The van der Waals surface area contributed by atoms with E-state index in [0.29, 0.717) is 11.5 Å². The number of hydrogen-bond donors (Lipinski definition) is 2. The first-order chi connectivity index (χ1) is 9.90. The monoisotopic (exact) mass is 296 g/mol. The lowest BCUT2D eigenvalue weighted by molar-refractivity contribution is -0.384. The van der Waals surface area contributed by atoms with Gasteiger partial charge in [-0.3, -0.25) is 10.1 Å². The molecule has 1 aliphatic rings. The lowest BCUT2D eigenvalue weighted by Gasteiger charge is -2.37. The average molecular weight is 296 g/mol. The van der Waals surface area contributed by atoms with Gasteiger partial charge in [0.2, 0.25) is 5.82 Å². The Hall–Kier alpha value is -1.63. The number of anilines is 1. The van der Waals surface area contributed by atoms with Crippen molar-refractivity contribution in [3.63, 3.8) is 0 Å². The van der Waals surface area contributed by atoms with E-state index in [1.165, 1.54) is 0 Å². The van der Waals surface area contributed by atoms with Crippen LogP contribution in [-0.2, 0) is 0 Å². The van der Waals surface area contributed by atoms with E-state index in [2.05, 4.69) is 10.4 Å². The maximum Gasteiger partial charge on any atom is 0.333 e. The smallest absolute Gasteiger partial charge is 0.333 e. The summed E-state index contributed by atoms with van der Waals surface area (Å²) in [7, 11) is 0. The predicted octanol–water partition coefficient (Wildman–Crippen LogP) is 2.79. The Labute approximate surface area is 124 Å². The number of hydrogen-bond acceptors (Lipinski definition) is 5. The fourth-order valence-electron chi connectivity index (χ4n) is 3.05. The number of nitrogens with one attached hydrogen (secondary N) is 1. The van der Waals surface area contributed by atoms with E-state index in [1.54, 1.807) is 11.6 Å². The van der Waals surface area contributed by atoms with Gasteiger partial charge in [-0.1, -0.05) is 19.3 Å². The molecule has 1 heterocycles. The second-order valence-electron chi connectivity index (χ2n) is 6.20. The summed E-state index contributed by atoms with van der Waals surface area (Å²) in [6.07, 6.45) is 4.84. The topological polar surface area (TPSA) is 93.2 Å². The third-order valence-corrected chi connectivity index (χ3v) is 4.22. The van der Waals surface area contributed by atoms with Crippen molar-refractivity contribution in [2.24, 2.45) is 0 Å². The third-order valence-electron chi connectivity index (χ3n) is 4.22. The first-order valence-electron chi connectivity index (χ1n) is 7.53. The lowest BCUT2D eigenvalue weighted by Crippen LogP contribution is -2.44. The highest BCUT2D eigenvalue weighted by atomic mass is 16.6. The van der Waals surface area contributed by atoms with E-state index in [9.17, 15) is 15.2 Å². The van der Waals surface area contributed by atoms with Gasteiger partial charge in [-0.2, -0.15) is 5.10 Å². The summed E-state index contributed by atoms with van der Waals surface area (Å²) in [5.74, 6) is 0.420. The van der Waals surface area contributed by atoms with E-state index >= 15 is 0 Å². The van der Waals surface area contributed by atoms with Crippen LogP contribution in [-0.4, -0.2) is 32.0 Å². The molecule has 1 aromatic heterocycles. The van der Waals surface area contributed by atoms with Gasteiger partial charge in [-0.15, -0.1) is 0 Å². The summed E-state index contributed by atoms with van der Waals surface area (Å²) in [4.78, 5) is 11.0. The van der Waals surface area contributed by atoms with Crippen molar-refractivity contribution in [3.8, 4) is 0 Å².